The molecule has 3 amide bonds. The van der Waals surface area contributed by atoms with Gasteiger partial charge in [-0.3, -0.25) is 28.4 Å². The van der Waals surface area contributed by atoms with Gasteiger partial charge in [-0.25, -0.2) is 0 Å². The van der Waals surface area contributed by atoms with Gasteiger partial charge in [0.2, 0.25) is 0 Å². The number of hydrogen-bond acceptors (Lipinski definition) is 12. The molecule has 105 heavy (non-hydrogen) atoms. The van der Waals surface area contributed by atoms with E-state index < -0.39 is 0 Å². The third-order valence-corrected chi connectivity index (χ3v) is 25.1. The van der Waals surface area contributed by atoms with E-state index in [0.717, 1.165) is 184 Å². The van der Waals surface area contributed by atoms with Gasteiger partial charge in [0.05, 0.1) is 54.9 Å². The number of carbonyl (C=O) groups excluding carboxylic acids is 3. The van der Waals surface area contributed by atoms with E-state index in [0.29, 0.717) is 74.1 Å². The molecule has 3 aliphatic heterocycles. The largest absolute Gasteiger partial charge is 0.490 e. The first kappa shape index (κ1) is 77.0. The van der Waals surface area contributed by atoms with Crippen LogP contribution in [-0.4, -0.2) is 156 Å². The van der Waals surface area contributed by atoms with Crippen LogP contribution in [0.15, 0.2) is 54.6 Å². The lowest BCUT2D eigenvalue weighted by molar-refractivity contribution is -0.0588. The van der Waals surface area contributed by atoms with Gasteiger partial charge in [0.1, 0.15) is 17.2 Å². The zero-order valence-electron chi connectivity index (χ0n) is 63.8. The van der Waals surface area contributed by atoms with Gasteiger partial charge < -0.3 is 43.1 Å². The molecule has 0 spiro atoms. The van der Waals surface area contributed by atoms with Gasteiger partial charge in [-0.15, -0.1) is 0 Å². The highest BCUT2D eigenvalue weighted by Crippen LogP contribution is 2.39. The number of nitrogens with zero attached hydrogens (tertiary/aromatic N) is 9. The fraction of sp³-hybridized carbons (Fsp3) is 0.643. The molecular formula is C84H114Cl3N9O9. The summed E-state index contributed by atoms with van der Waals surface area (Å²) >= 11 is 18.8. The number of morpholine rings is 3. The molecule has 6 aliphatic carbocycles. The predicted octanol–water partition coefficient (Wildman–Crippen LogP) is 16.8. The Labute approximate surface area is 638 Å². The number of ether oxygens (including phenoxy) is 6. The van der Waals surface area contributed by atoms with Gasteiger partial charge in [-0.1, -0.05) is 53.0 Å². The smallest absolute Gasteiger partial charge is 0.274 e. The first-order valence-corrected chi connectivity index (χ1v) is 41.1. The van der Waals surface area contributed by atoms with E-state index in [4.69, 9.17) is 78.5 Å². The Morgan fingerprint density at radius 2 is 0.629 bits per heavy atom. The van der Waals surface area contributed by atoms with E-state index in [9.17, 15) is 14.4 Å². The lowest BCUT2D eigenvalue weighted by Crippen LogP contribution is -2.48. The molecule has 6 fully saturated rings. The van der Waals surface area contributed by atoms with Crippen LogP contribution in [0.4, 0.5) is 0 Å². The molecule has 21 heteroatoms. The summed E-state index contributed by atoms with van der Waals surface area (Å²) in [5, 5.41) is 16.9. The first-order valence-electron chi connectivity index (χ1n) is 40.0. The molecule has 0 N–H and O–H groups in total. The minimum atomic E-state index is 0.0692. The maximum Gasteiger partial charge on any atom is 0.274 e. The van der Waals surface area contributed by atoms with Crippen molar-refractivity contribution in [3.8, 4) is 17.2 Å². The summed E-state index contributed by atoms with van der Waals surface area (Å²) in [5.74, 6) is 5.01. The fourth-order valence-corrected chi connectivity index (χ4v) is 18.8. The Kier molecular flexibility index (Phi) is 25.7. The van der Waals surface area contributed by atoms with Crippen molar-refractivity contribution in [1.82, 2.24) is 44.0 Å². The molecule has 3 saturated heterocycles. The van der Waals surface area contributed by atoms with E-state index in [2.05, 4.69) is 14.0 Å². The zero-order chi connectivity index (χ0) is 73.6. The van der Waals surface area contributed by atoms with Gasteiger partial charge in [-0.2, -0.15) is 15.3 Å². The van der Waals surface area contributed by atoms with E-state index in [-0.39, 0.29) is 72.7 Å². The minimum absolute atomic E-state index is 0.0692. The maximum atomic E-state index is 13.4. The summed E-state index contributed by atoms with van der Waals surface area (Å²) in [6.07, 6.45) is 27.4. The molecule has 6 aromatic rings. The predicted molar refractivity (Wildman–Crippen MR) is 412 cm³/mol. The summed E-state index contributed by atoms with van der Waals surface area (Å²) in [7, 11) is 0. The van der Waals surface area contributed by atoms with Crippen LogP contribution < -0.4 is 14.2 Å². The third-order valence-electron chi connectivity index (χ3n) is 23.9. The molecule has 15 rings (SSSR count). The Balaban J connectivity index is 0.000000140. The lowest BCUT2D eigenvalue weighted by atomic mass is 9.85. The summed E-state index contributed by atoms with van der Waals surface area (Å²) < 4.78 is 42.8. The number of rotatable bonds is 18. The highest BCUT2D eigenvalue weighted by atomic mass is 35.5. The van der Waals surface area contributed by atoms with Gasteiger partial charge in [0.25, 0.3) is 17.7 Å². The van der Waals surface area contributed by atoms with Gasteiger partial charge in [0.15, 0.2) is 17.1 Å². The summed E-state index contributed by atoms with van der Waals surface area (Å²) in [4.78, 5) is 45.9. The highest BCUT2D eigenvalue weighted by molar-refractivity contribution is 6.32. The van der Waals surface area contributed by atoms with Gasteiger partial charge in [0, 0.05) is 124 Å². The number of aromatic nitrogens is 6. The van der Waals surface area contributed by atoms with Crippen LogP contribution in [0.1, 0.15) is 239 Å². The van der Waals surface area contributed by atoms with E-state index in [1.54, 1.807) is 0 Å². The van der Waals surface area contributed by atoms with Gasteiger partial charge >= 0.3 is 0 Å². The summed E-state index contributed by atoms with van der Waals surface area (Å²) in [6.45, 7) is 24.8. The van der Waals surface area contributed by atoms with Gasteiger partial charge in [-0.05, 0) is 271 Å². The maximum absolute atomic E-state index is 13.4. The van der Waals surface area contributed by atoms with Crippen molar-refractivity contribution in [2.45, 2.75) is 291 Å². The molecule has 6 heterocycles. The number of aryl methyl sites for hydroxylation is 3. The lowest BCUT2D eigenvalue weighted by Gasteiger charge is -2.35. The van der Waals surface area contributed by atoms with Crippen molar-refractivity contribution < 1.29 is 42.8 Å². The molecular weight excluding hydrogens is 1390 g/mol. The number of amides is 3. The fourth-order valence-electron chi connectivity index (χ4n) is 18.3. The van der Waals surface area contributed by atoms with Crippen molar-refractivity contribution in [2.24, 2.45) is 17.8 Å². The van der Waals surface area contributed by atoms with E-state index in [1.807, 2.05) is 132 Å². The Bertz CT molecular complexity index is 3550. The SMILES string of the molecule is Cc1c(Cl)cccc1OC1CCC(CCn2nc(C(=O)N3C[C@@H](C)O[C@@H](C)C3)c3c2CCC3)CC1.Cc1c(Cl)cccc1OC1CCC(CCn2nc(C(=O)N3C[C@@H](C)O[C@@H](C)C3)c3c2CCC3)CC1.Cc1c(Cl)cccc1OC1CCC(CCn2nc(C(=O)N3C[C@@H](C)O[C@@H](C)C3)c3c2CCC3)CC1. The number of carbonyl (C=O) groups is 3. The van der Waals surface area contributed by atoms with E-state index in [1.165, 1.54) is 72.3 Å². The second-order valence-corrected chi connectivity index (χ2v) is 33.4. The summed E-state index contributed by atoms with van der Waals surface area (Å²) in [5.41, 5.74) is 12.6. The number of halogens is 3. The quantitative estimate of drug-likeness (QED) is 0.0799. The topological polar surface area (TPSA) is 170 Å². The van der Waals surface area contributed by atoms with Crippen molar-refractivity contribution in [1.29, 1.82) is 0 Å². The normalized spacial score (nSPS) is 26.6. The Hall–Kier alpha value is -6.15. The molecule has 0 radical (unpaired) electrons. The number of hydrogen-bond donors (Lipinski definition) is 0. The van der Waals surface area contributed by atoms with Crippen molar-refractivity contribution in [3.63, 3.8) is 0 Å². The molecule has 0 unspecified atom stereocenters. The van der Waals surface area contributed by atoms with Crippen molar-refractivity contribution in [3.05, 3.63) is 137 Å². The minimum Gasteiger partial charge on any atom is -0.490 e. The molecule has 3 saturated carbocycles. The number of benzene rings is 3. The molecule has 3 aromatic heterocycles. The molecule has 0 bridgehead atoms. The van der Waals surface area contributed by atoms with Crippen LogP contribution in [0.5, 0.6) is 17.2 Å². The molecule has 570 valence electrons. The molecule has 6 atom stereocenters. The van der Waals surface area contributed by atoms with Crippen molar-refractivity contribution >= 4 is 52.5 Å². The summed E-state index contributed by atoms with van der Waals surface area (Å²) in [6, 6.07) is 17.7. The zero-order valence-corrected chi connectivity index (χ0v) is 66.1. The third kappa shape index (κ3) is 18.8. The standard InChI is InChI=1S/3C28H38ClN3O3/c3*1-18-16-31(17-19(2)34-18)28(33)27-23-6-4-8-25(23)32(30-27)15-14-21-10-12-22(13-11-21)35-26-9-5-7-24(29)20(26)3/h3*5,7,9,18-19,21-22H,4,6,8,10-17H2,1-3H3/t3*18-,19+,21?,22?. The van der Waals surface area contributed by atoms with Crippen LogP contribution in [0.3, 0.4) is 0 Å². The second-order valence-electron chi connectivity index (χ2n) is 32.2. The Morgan fingerprint density at radius 3 is 0.876 bits per heavy atom. The first-order chi connectivity index (χ1) is 50.7. The average Bonchev–Trinajstić information content (AvgIpc) is 1.64. The highest BCUT2D eigenvalue weighted by Gasteiger charge is 2.38. The van der Waals surface area contributed by atoms with Crippen molar-refractivity contribution in [2.75, 3.05) is 39.3 Å². The van der Waals surface area contributed by atoms with Crippen LogP contribution in [0, 0.1) is 38.5 Å². The van der Waals surface area contributed by atoms with Crippen LogP contribution in [0.25, 0.3) is 0 Å². The Morgan fingerprint density at radius 1 is 0.381 bits per heavy atom. The van der Waals surface area contributed by atoms with Crippen LogP contribution >= 0.6 is 34.8 Å². The van der Waals surface area contributed by atoms with Crippen LogP contribution in [0.2, 0.25) is 15.1 Å². The second kappa shape index (κ2) is 35.0. The molecule has 18 nitrogen and oxygen atoms in total. The molecule has 9 aliphatic rings. The van der Waals surface area contributed by atoms with Crippen LogP contribution in [-0.2, 0) is 72.4 Å². The molecule has 3 aromatic carbocycles. The number of fused-ring (bicyclic) bond motifs is 3. The van der Waals surface area contributed by atoms with E-state index >= 15 is 0 Å². The average molecular weight is 1500 g/mol. The monoisotopic (exact) mass is 1500 g/mol.